The molecule has 3 rings (SSSR count). The van der Waals surface area contributed by atoms with E-state index in [2.05, 4.69) is 0 Å². The summed E-state index contributed by atoms with van der Waals surface area (Å²) in [5.41, 5.74) is 0.951. The smallest absolute Gasteiger partial charge is 0.253 e. The Labute approximate surface area is 140 Å². The number of carbonyl (C=O) groups excluding carboxylic acids is 3. The summed E-state index contributed by atoms with van der Waals surface area (Å²) in [7, 11) is 1.51. The number of hydrogen-bond acceptors (Lipinski definition) is 5. The molecule has 3 amide bonds. The Morgan fingerprint density at radius 2 is 1.92 bits per heavy atom. The van der Waals surface area contributed by atoms with Gasteiger partial charge < -0.3 is 4.90 Å². The average molecular weight is 326 g/mol. The molecule has 1 atom stereocenters. The second-order valence-electron chi connectivity index (χ2n) is 6.03. The van der Waals surface area contributed by atoms with Crippen LogP contribution in [-0.2, 0) is 9.59 Å². The van der Waals surface area contributed by atoms with Crippen molar-refractivity contribution in [3.63, 3.8) is 0 Å². The number of rotatable bonds is 2. The van der Waals surface area contributed by atoms with E-state index < -0.39 is 6.04 Å². The summed E-state index contributed by atoms with van der Waals surface area (Å²) in [6, 6.07) is 8.27. The summed E-state index contributed by atoms with van der Waals surface area (Å²) < 4.78 is 0. The molecule has 2 aliphatic rings. The van der Waals surface area contributed by atoms with Crippen LogP contribution in [0.1, 0.15) is 22.3 Å². The molecule has 1 unspecified atom stereocenters. The van der Waals surface area contributed by atoms with Crippen molar-refractivity contribution in [3.05, 3.63) is 35.4 Å². The molecule has 7 nitrogen and oxygen atoms in total. The largest absolute Gasteiger partial charge is 0.336 e. The van der Waals surface area contributed by atoms with Gasteiger partial charge in [0.15, 0.2) is 0 Å². The minimum Gasteiger partial charge on any atom is -0.336 e. The molecule has 24 heavy (non-hydrogen) atoms. The minimum atomic E-state index is -0.401. The van der Waals surface area contributed by atoms with E-state index in [1.54, 1.807) is 29.2 Å². The molecule has 124 valence electrons. The third-order valence-corrected chi connectivity index (χ3v) is 4.64. The Hall–Kier alpha value is -2.72. The van der Waals surface area contributed by atoms with Crippen molar-refractivity contribution in [1.29, 1.82) is 5.26 Å². The van der Waals surface area contributed by atoms with Crippen LogP contribution in [-0.4, -0.2) is 71.7 Å². The van der Waals surface area contributed by atoms with E-state index in [1.807, 2.05) is 11.0 Å². The summed E-state index contributed by atoms with van der Waals surface area (Å²) >= 11 is 0. The number of nitrogens with zero attached hydrogens (tertiary/aromatic N) is 4. The molecule has 0 bridgehead atoms. The zero-order valence-corrected chi connectivity index (χ0v) is 13.4. The van der Waals surface area contributed by atoms with Gasteiger partial charge in [-0.25, -0.2) is 0 Å². The Kier molecular flexibility index (Phi) is 4.32. The van der Waals surface area contributed by atoms with Crippen LogP contribution < -0.4 is 0 Å². The van der Waals surface area contributed by atoms with E-state index in [-0.39, 0.29) is 24.1 Å². The van der Waals surface area contributed by atoms with Gasteiger partial charge in [-0.05, 0) is 18.2 Å². The van der Waals surface area contributed by atoms with Gasteiger partial charge in [-0.3, -0.25) is 24.2 Å². The third-order valence-electron chi connectivity index (χ3n) is 4.64. The van der Waals surface area contributed by atoms with Crippen molar-refractivity contribution in [1.82, 2.24) is 14.7 Å². The first-order valence-electron chi connectivity index (χ1n) is 7.85. The topological polar surface area (TPSA) is 84.7 Å². The van der Waals surface area contributed by atoms with Crippen molar-refractivity contribution in [2.24, 2.45) is 0 Å². The van der Waals surface area contributed by atoms with E-state index in [0.29, 0.717) is 37.3 Å². The van der Waals surface area contributed by atoms with Gasteiger partial charge in [0, 0.05) is 38.8 Å². The lowest BCUT2D eigenvalue weighted by Crippen LogP contribution is -2.53. The molecule has 2 saturated heterocycles. The predicted octanol–water partition coefficient (Wildman–Crippen LogP) is 0.0734. The molecule has 2 fully saturated rings. The molecule has 7 heteroatoms. The molecule has 1 aromatic rings. The van der Waals surface area contributed by atoms with E-state index in [1.165, 1.54) is 11.9 Å². The Morgan fingerprint density at radius 1 is 1.21 bits per heavy atom. The molecular formula is C17H18N4O3. The number of hydrogen-bond donors (Lipinski definition) is 0. The van der Waals surface area contributed by atoms with Crippen LogP contribution in [0, 0.1) is 11.3 Å². The highest BCUT2D eigenvalue weighted by molar-refractivity contribution is 6.05. The SMILES string of the molecule is CN1C(=O)CC(N2CCN(C(=O)c3cccc(C#N)c3)CC2)C1=O. The standard InChI is InChI=1S/C17H18N4O3/c1-19-15(22)10-14(17(19)24)20-5-7-21(8-6-20)16(23)13-4-2-3-12(9-13)11-18/h2-4,9,14H,5-8,10H2,1H3. The van der Waals surface area contributed by atoms with Crippen LogP contribution >= 0.6 is 0 Å². The maximum absolute atomic E-state index is 12.5. The van der Waals surface area contributed by atoms with Gasteiger partial charge >= 0.3 is 0 Å². The Morgan fingerprint density at radius 3 is 2.50 bits per heavy atom. The van der Waals surface area contributed by atoms with Crippen LogP contribution in [0.4, 0.5) is 0 Å². The number of amides is 3. The Balaban J connectivity index is 1.63. The molecule has 0 aromatic heterocycles. The first-order valence-corrected chi connectivity index (χ1v) is 7.85. The summed E-state index contributed by atoms with van der Waals surface area (Å²) in [5, 5.41) is 8.93. The van der Waals surface area contributed by atoms with Gasteiger partial charge in [-0.2, -0.15) is 5.26 Å². The molecule has 0 radical (unpaired) electrons. The highest BCUT2D eigenvalue weighted by Crippen LogP contribution is 2.19. The van der Waals surface area contributed by atoms with Crippen LogP contribution in [0.25, 0.3) is 0 Å². The number of nitriles is 1. The monoisotopic (exact) mass is 326 g/mol. The Bertz CT molecular complexity index is 732. The normalized spacial score (nSPS) is 21.9. The lowest BCUT2D eigenvalue weighted by molar-refractivity contribution is -0.138. The van der Waals surface area contributed by atoms with Crippen LogP contribution in [0.3, 0.4) is 0 Å². The maximum Gasteiger partial charge on any atom is 0.253 e. The van der Waals surface area contributed by atoms with Gasteiger partial charge in [0.2, 0.25) is 11.8 Å². The number of likely N-dealkylation sites (tertiary alicyclic amines) is 1. The summed E-state index contributed by atoms with van der Waals surface area (Å²) in [6.45, 7) is 2.11. The molecule has 2 heterocycles. The third kappa shape index (κ3) is 2.88. The molecule has 0 N–H and O–H groups in total. The first-order chi connectivity index (χ1) is 11.5. The van der Waals surface area contributed by atoms with Crippen LogP contribution in [0.2, 0.25) is 0 Å². The van der Waals surface area contributed by atoms with Gasteiger partial charge in [0.25, 0.3) is 5.91 Å². The van der Waals surface area contributed by atoms with E-state index in [4.69, 9.17) is 5.26 Å². The van der Waals surface area contributed by atoms with Crippen LogP contribution in [0.15, 0.2) is 24.3 Å². The highest BCUT2D eigenvalue weighted by atomic mass is 16.2. The van der Waals surface area contributed by atoms with Gasteiger partial charge in [0.05, 0.1) is 24.1 Å². The van der Waals surface area contributed by atoms with Crippen molar-refractivity contribution in [3.8, 4) is 6.07 Å². The zero-order valence-electron chi connectivity index (χ0n) is 13.4. The summed E-state index contributed by atoms with van der Waals surface area (Å²) in [4.78, 5) is 41.1. The second-order valence-corrected chi connectivity index (χ2v) is 6.03. The van der Waals surface area contributed by atoms with Crippen LogP contribution in [0.5, 0.6) is 0 Å². The van der Waals surface area contributed by atoms with E-state index in [0.717, 1.165) is 0 Å². The van der Waals surface area contributed by atoms with Crippen molar-refractivity contribution < 1.29 is 14.4 Å². The first kappa shape index (κ1) is 16.1. The van der Waals surface area contributed by atoms with E-state index >= 15 is 0 Å². The number of carbonyl (C=O) groups is 3. The number of piperazine rings is 1. The van der Waals surface area contributed by atoms with Crippen molar-refractivity contribution in [2.75, 3.05) is 33.2 Å². The molecule has 0 saturated carbocycles. The lowest BCUT2D eigenvalue weighted by Gasteiger charge is -2.37. The fourth-order valence-corrected chi connectivity index (χ4v) is 3.16. The summed E-state index contributed by atoms with van der Waals surface area (Å²) in [6.07, 6.45) is 0.216. The fourth-order valence-electron chi connectivity index (χ4n) is 3.16. The molecular weight excluding hydrogens is 308 g/mol. The van der Waals surface area contributed by atoms with Crippen molar-refractivity contribution in [2.45, 2.75) is 12.5 Å². The minimum absolute atomic E-state index is 0.113. The molecule has 0 spiro atoms. The lowest BCUT2D eigenvalue weighted by atomic mass is 10.1. The molecule has 1 aromatic carbocycles. The maximum atomic E-state index is 12.5. The number of imide groups is 1. The zero-order chi connectivity index (χ0) is 17.3. The quantitative estimate of drug-likeness (QED) is 0.718. The van der Waals surface area contributed by atoms with Gasteiger partial charge in [-0.15, -0.1) is 0 Å². The van der Waals surface area contributed by atoms with Gasteiger partial charge in [0.1, 0.15) is 0 Å². The van der Waals surface area contributed by atoms with Crippen molar-refractivity contribution >= 4 is 17.7 Å². The highest BCUT2D eigenvalue weighted by Gasteiger charge is 2.40. The predicted molar refractivity (Wildman–Crippen MR) is 84.8 cm³/mol. The van der Waals surface area contributed by atoms with Gasteiger partial charge in [-0.1, -0.05) is 6.07 Å². The summed E-state index contributed by atoms with van der Waals surface area (Å²) in [5.74, 6) is -0.434. The fraction of sp³-hybridized carbons (Fsp3) is 0.412. The molecule has 2 aliphatic heterocycles. The number of benzene rings is 1. The second kappa shape index (κ2) is 6.42. The number of likely N-dealkylation sites (N-methyl/N-ethyl adjacent to an activating group) is 1. The van der Waals surface area contributed by atoms with E-state index in [9.17, 15) is 14.4 Å². The average Bonchev–Trinajstić information content (AvgIpc) is 2.88. The molecule has 0 aliphatic carbocycles.